The van der Waals surface area contributed by atoms with Crippen LogP contribution in [0.4, 0.5) is 8.78 Å². The summed E-state index contributed by atoms with van der Waals surface area (Å²) in [6, 6.07) is 3.28. The number of halogens is 2. The molecule has 3 fully saturated rings. The van der Waals surface area contributed by atoms with Gasteiger partial charge in [-0.1, -0.05) is 6.07 Å². The number of benzene rings is 1. The molecule has 2 radical (unpaired) electrons. The Hall–Kier alpha value is -1.12. The van der Waals surface area contributed by atoms with E-state index >= 15 is 0 Å². The van der Waals surface area contributed by atoms with E-state index in [-0.39, 0.29) is 5.75 Å². The van der Waals surface area contributed by atoms with Gasteiger partial charge in [0.2, 0.25) is 5.82 Å². The van der Waals surface area contributed by atoms with Crippen LogP contribution in [-0.4, -0.2) is 6.61 Å². The lowest BCUT2D eigenvalue weighted by molar-refractivity contribution is 0.277. The quantitative estimate of drug-likeness (QED) is 0.571. The highest BCUT2D eigenvalue weighted by atomic mass is 19.2. The highest BCUT2D eigenvalue weighted by molar-refractivity contribution is 5.39. The van der Waals surface area contributed by atoms with Crippen LogP contribution in [0.1, 0.15) is 76.7 Å². The fraction of sp³-hybridized carbons (Fsp3) is 0.652. The van der Waals surface area contributed by atoms with E-state index in [4.69, 9.17) is 4.74 Å². The molecule has 0 spiro atoms. The Bertz CT molecular complexity index is 609. The molecule has 3 heteroatoms. The maximum atomic E-state index is 14.5. The number of hydrogen-bond donors (Lipinski definition) is 0. The van der Waals surface area contributed by atoms with Crippen LogP contribution in [-0.2, 0) is 0 Å². The third kappa shape index (κ3) is 3.77. The van der Waals surface area contributed by atoms with E-state index in [1.54, 1.807) is 25.0 Å². The zero-order valence-electron chi connectivity index (χ0n) is 15.8. The van der Waals surface area contributed by atoms with Crippen LogP contribution in [0.3, 0.4) is 0 Å². The van der Waals surface area contributed by atoms with Crippen LogP contribution in [0.25, 0.3) is 0 Å². The molecule has 4 rings (SSSR count). The van der Waals surface area contributed by atoms with Crippen molar-refractivity contribution in [3.05, 3.63) is 41.2 Å². The lowest BCUT2D eigenvalue weighted by Crippen LogP contribution is -2.25. The molecule has 3 aliphatic rings. The van der Waals surface area contributed by atoms with Crippen molar-refractivity contribution in [2.24, 2.45) is 17.8 Å². The Morgan fingerprint density at radius 1 is 0.846 bits per heavy atom. The van der Waals surface area contributed by atoms with Crippen molar-refractivity contribution in [2.45, 2.75) is 71.1 Å². The maximum absolute atomic E-state index is 14.5. The second kappa shape index (κ2) is 7.86. The molecular weight excluding hydrogens is 330 g/mol. The zero-order valence-corrected chi connectivity index (χ0v) is 15.8. The largest absolute Gasteiger partial charge is 0.491 e. The first-order chi connectivity index (χ1) is 12.7. The van der Waals surface area contributed by atoms with E-state index in [0.29, 0.717) is 18.1 Å². The van der Waals surface area contributed by atoms with Crippen LogP contribution in [0.15, 0.2) is 12.1 Å². The predicted octanol–water partition coefficient (Wildman–Crippen LogP) is 6.65. The zero-order chi connectivity index (χ0) is 18.1. The highest BCUT2D eigenvalue weighted by Gasteiger charge is 2.37. The molecule has 3 saturated carbocycles. The monoisotopic (exact) mass is 360 g/mol. The molecule has 0 aliphatic heterocycles. The molecule has 0 unspecified atom stereocenters. The predicted molar refractivity (Wildman–Crippen MR) is 99.8 cm³/mol. The fourth-order valence-corrected chi connectivity index (χ4v) is 5.17. The van der Waals surface area contributed by atoms with Crippen LogP contribution >= 0.6 is 0 Å². The summed E-state index contributed by atoms with van der Waals surface area (Å²) in [7, 11) is 0. The number of rotatable bonds is 5. The Kier molecular flexibility index (Phi) is 5.52. The van der Waals surface area contributed by atoms with Crippen molar-refractivity contribution in [3.63, 3.8) is 0 Å². The molecule has 0 amide bonds. The Balaban J connectivity index is 1.33. The van der Waals surface area contributed by atoms with Crippen molar-refractivity contribution in [1.82, 2.24) is 0 Å². The molecule has 0 atom stereocenters. The average molecular weight is 360 g/mol. The van der Waals surface area contributed by atoms with Crippen molar-refractivity contribution in [2.75, 3.05) is 6.61 Å². The first-order valence-corrected chi connectivity index (χ1v) is 10.5. The van der Waals surface area contributed by atoms with E-state index in [1.165, 1.54) is 38.5 Å². The van der Waals surface area contributed by atoms with Crippen LogP contribution < -0.4 is 4.74 Å². The van der Waals surface area contributed by atoms with Gasteiger partial charge in [-0.25, -0.2) is 4.39 Å². The standard InChI is InChI=1S/C23H30F2O/c1-2-26-21-14-13-20(22(24)23(21)25)19-11-9-18(10-12-19)17-7-5-16(6-8-17)15-3-4-15/h13-16,18H,2-12H2,1H3. The van der Waals surface area contributed by atoms with Gasteiger partial charge in [0.1, 0.15) is 0 Å². The van der Waals surface area contributed by atoms with Gasteiger partial charge in [0.05, 0.1) is 6.61 Å². The minimum absolute atomic E-state index is 0.0195. The lowest BCUT2D eigenvalue weighted by Gasteiger charge is -2.37. The SMILES string of the molecule is CCOc1ccc([C]2CCC([C]3CCC(C4CC4)CC3)CC2)c(F)c1F. The molecule has 26 heavy (non-hydrogen) atoms. The molecule has 0 bridgehead atoms. The van der Waals surface area contributed by atoms with Gasteiger partial charge >= 0.3 is 0 Å². The second-order valence-corrected chi connectivity index (χ2v) is 8.38. The smallest absolute Gasteiger partial charge is 0.200 e. The molecule has 0 saturated heterocycles. The van der Waals surface area contributed by atoms with Crippen LogP contribution in [0.2, 0.25) is 0 Å². The van der Waals surface area contributed by atoms with Gasteiger partial charge in [-0.05, 0) is 106 Å². The number of ether oxygens (including phenoxy) is 1. The average Bonchev–Trinajstić information content (AvgIpc) is 3.52. The van der Waals surface area contributed by atoms with Crippen LogP contribution in [0, 0.1) is 41.2 Å². The van der Waals surface area contributed by atoms with E-state index in [1.807, 2.05) is 0 Å². The molecule has 0 N–H and O–H groups in total. The molecule has 1 aromatic rings. The van der Waals surface area contributed by atoms with Gasteiger partial charge in [-0.15, -0.1) is 0 Å². The molecule has 0 aromatic heterocycles. The Morgan fingerprint density at radius 2 is 1.50 bits per heavy atom. The van der Waals surface area contributed by atoms with E-state index in [2.05, 4.69) is 0 Å². The Labute approximate surface area is 156 Å². The van der Waals surface area contributed by atoms with Crippen LogP contribution in [0.5, 0.6) is 5.75 Å². The summed E-state index contributed by atoms with van der Waals surface area (Å²) in [4.78, 5) is 0. The second-order valence-electron chi connectivity index (χ2n) is 8.38. The van der Waals surface area contributed by atoms with E-state index in [0.717, 1.165) is 43.4 Å². The lowest BCUT2D eigenvalue weighted by atomic mass is 9.68. The maximum Gasteiger partial charge on any atom is 0.200 e. The van der Waals surface area contributed by atoms with Gasteiger partial charge in [-0.3, -0.25) is 0 Å². The third-order valence-electron chi connectivity index (χ3n) is 6.86. The summed E-state index contributed by atoms with van der Waals surface area (Å²) in [5.41, 5.74) is 0.465. The summed E-state index contributed by atoms with van der Waals surface area (Å²) >= 11 is 0. The first-order valence-electron chi connectivity index (χ1n) is 10.5. The van der Waals surface area contributed by atoms with E-state index in [9.17, 15) is 8.78 Å². The topological polar surface area (TPSA) is 9.23 Å². The summed E-state index contributed by atoms with van der Waals surface area (Å²) in [5.74, 6) is 4.02. The molecular formula is C23H30F2O. The summed E-state index contributed by atoms with van der Waals surface area (Å²) < 4.78 is 33.8. The molecule has 3 aliphatic carbocycles. The summed E-state index contributed by atoms with van der Waals surface area (Å²) in [5, 5.41) is 0. The number of hydrogen-bond acceptors (Lipinski definition) is 1. The summed E-state index contributed by atoms with van der Waals surface area (Å²) in [6.07, 6.45) is 12.3. The van der Waals surface area contributed by atoms with Gasteiger partial charge in [0.25, 0.3) is 0 Å². The minimum atomic E-state index is -0.841. The fourth-order valence-electron chi connectivity index (χ4n) is 5.17. The highest BCUT2D eigenvalue weighted by Crippen LogP contribution is 2.50. The van der Waals surface area contributed by atoms with Crippen molar-refractivity contribution in [1.29, 1.82) is 0 Å². The molecule has 1 aromatic carbocycles. The molecule has 142 valence electrons. The van der Waals surface area contributed by atoms with Gasteiger partial charge < -0.3 is 4.74 Å². The van der Waals surface area contributed by atoms with E-state index < -0.39 is 11.6 Å². The van der Waals surface area contributed by atoms with Gasteiger partial charge in [-0.2, -0.15) is 4.39 Å². The summed E-state index contributed by atoms with van der Waals surface area (Å²) in [6.45, 7) is 2.12. The molecule has 0 heterocycles. The van der Waals surface area contributed by atoms with Gasteiger partial charge in [0, 0.05) is 5.92 Å². The first kappa shape index (κ1) is 18.3. The Morgan fingerprint density at radius 3 is 2.12 bits per heavy atom. The van der Waals surface area contributed by atoms with Crippen molar-refractivity contribution in [3.8, 4) is 5.75 Å². The van der Waals surface area contributed by atoms with Gasteiger partial charge in [0.15, 0.2) is 11.6 Å². The molecule has 1 nitrogen and oxygen atoms in total. The normalized spacial score (nSPS) is 24.1. The van der Waals surface area contributed by atoms with Crippen molar-refractivity contribution >= 4 is 0 Å². The third-order valence-corrected chi connectivity index (χ3v) is 6.86. The van der Waals surface area contributed by atoms with Crippen molar-refractivity contribution < 1.29 is 13.5 Å². The minimum Gasteiger partial charge on any atom is -0.491 e.